The maximum Gasteiger partial charge on any atom is 0.0626 e. The molecule has 0 bridgehead atoms. The molecule has 0 saturated heterocycles. The summed E-state index contributed by atoms with van der Waals surface area (Å²) in [7, 11) is 0. The molecule has 0 aliphatic heterocycles. The second-order valence-corrected chi connectivity index (χ2v) is 40.9. The number of aromatic nitrogens is 3. The Morgan fingerprint density at radius 2 is 0.420 bits per heavy atom. The number of hydrogen-bond acceptors (Lipinski definition) is 0. The smallest absolute Gasteiger partial charge is 0.0626 e. The van der Waals surface area contributed by atoms with Gasteiger partial charge in [-0.1, -0.05) is 469 Å². The van der Waals surface area contributed by atoms with Crippen molar-refractivity contribution >= 4 is 195 Å². The second kappa shape index (κ2) is 34.4. The lowest BCUT2D eigenvalue weighted by molar-refractivity contribution is 0.660. The van der Waals surface area contributed by atoms with E-state index in [0.29, 0.717) is 0 Å². The largest absolute Gasteiger partial charge is 0.309 e. The van der Waals surface area contributed by atoms with Gasteiger partial charge in [-0.2, -0.15) is 0 Å². The van der Waals surface area contributed by atoms with Crippen molar-refractivity contribution in [1.29, 1.82) is 0 Å². The van der Waals surface area contributed by atoms with E-state index in [1.807, 2.05) is 0 Å². The van der Waals surface area contributed by atoms with Crippen LogP contribution in [-0.2, 0) is 5.41 Å². The summed E-state index contributed by atoms with van der Waals surface area (Å²) in [4.78, 5) is 0. The summed E-state index contributed by atoms with van der Waals surface area (Å²) in [5.74, 6) is 0. The summed E-state index contributed by atoms with van der Waals surface area (Å²) in [5, 5.41) is 38.4. The lowest BCUT2D eigenvalue weighted by Crippen LogP contribution is -2.14. The highest BCUT2D eigenvalue weighted by molar-refractivity contribution is 6.42. The molecule has 32 rings (SSSR count). The third-order valence-corrected chi connectivity index (χ3v) is 32.6. The molecule has 0 atom stereocenters. The van der Waals surface area contributed by atoms with Gasteiger partial charge in [-0.3, -0.25) is 0 Å². The second-order valence-electron chi connectivity index (χ2n) is 40.9. The van der Waals surface area contributed by atoms with Gasteiger partial charge in [0.1, 0.15) is 0 Å². The molecule has 1 aliphatic rings. The van der Waals surface area contributed by atoms with Gasteiger partial charge in [0, 0.05) is 87.1 Å². The minimum Gasteiger partial charge on any atom is -0.309 e. The molecule has 0 unspecified atom stereocenters. The first-order valence-electron chi connectivity index (χ1n) is 52.3. The molecule has 3 aromatic heterocycles. The van der Waals surface area contributed by atoms with E-state index in [1.165, 1.54) is 301 Å². The Labute approximate surface area is 867 Å². The van der Waals surface area contributed by atoms with Crippen molar-refractivity contribution in [3.63, 3.8) is 0 Å². The van der Waals surface area contributed by atoms with E-state index in [9.17, 15) is 0 Å². The third kappa shape index (κ3) is 13.2. The normalized spacial score (nSPS) is 12.4. The van der Waals surface area contributed by atoms with Crippen molar-refractivity contribution in [2.45, 2.75) is 19.3 Å². The quantitative estimate of drug-likeness (QED) is 0.101. The van der Waals surface area contributed by atoms with Gasteiger partial charge in [0.05, 0.1) is 33.1 Å². The molecule has 0 spiro atoms. The van der Waals surface area contributed by atoms with Crippen LogP contribution in [0.2, 0.25) is 0 Å². The molecule has 31 aromatic rings. The van der Waals surface area contributed by atoms with Gasteiger partial charge in [-0.25, -0.2) is 0 Å². The highest BCUT2D eigenvalue weighted by atomic mass is 15.0. The molecule has 3 nitrogen and oxygen atoms in total. The van der Waals surface area contributed by atoms with Crippen molar-refractivity contribution in [2.24, 2.45) is 0 Å². The Balaban J connectivity index is 0.000000104. The standard InChI is InChI=1S/C54H33N.C48H31N.C45H31N/c1-2-19-35(20-3-1)55-49-32-15-14-30-46(49)53-52-40-24-8-6-22-37(40)47(33-48(52)38-23-7-13-29-45(38)54(53)55)51-43-27-11-9-25-41(43)50(42-26-10-12-28-44(42)51)39-31-16-18-34-17-4-5-21-36(34)39;1-3-14-32(15-4-1)35-16-13-17-36(30-35)33-26-28-34(29-27-33)43-31-44-39-21-8-10-23-41(39)48-47(46(44)40-22-9-7-20-38(40)43)42-24-11-12-25-45(42)49(48)37-18-5-2-6-19-37;1-45(2)39-22-12-10-18-32(39)33-25-24-28(26-40(33)45)37-27-38-31-17-7-9-20-35(31)44-43(42(38)34-19-8-6-16-30(34)37)36-21-11-13-23-41(36)46(44)29-14-4-3-5-15-29/h1-33H;1-31H;3-27H,1-2H3. The Kier molecular flexibility index (Phi) is 19.8. The molecule has 698 valence electrons. The number of para-hydroxylation sites is 6. The molecule has 3 heteroatoms. The number of rotatable bonds is 9. The topological polar surface area (TPSA) is 14.8 Å². The minimum absolute atomic E-state index is 0.0489. The van der Waals surface area contributed by atoms with Crippen molar-refractivity contribution in [3.05, 3.63) is 551 Å². The van der Waals surface area contributed by atoms with Gasteiger partial charge in [0.15, 0.2) is 0 Å². The van der Waals surface area contributed by atoms with Gasteiger partial charge >= 0.3 is 0 Å². The molecule has 0 fully saturated rings. The molecule has 150 heavy (non-hydrogen) atoms. The number of benzene rings is 28. The van der Waals surface area contributed by atoms with Crippen LogP contribution in [0.5, 0.6) is 0 Å². The summed E-state index contributed by atoms with van der Waals surface area (Å²) >= 11 is 0. The SMILES string of the molecule is CC1(C)c2ccccc2-c2ccc(-c3cc4c5ccccc5c5c(c6ccccc6n5-c5ccccc5)c4c4ccccc34)cc21.c1ccc(-c2cccc(-c3ccc(-c4cc5c6ccccc6c6c(c7ccccc7n6-c6ccccc6)c5c5ccccc45)cc3)c2)cc1.c1ccc(-n2c3ccccc3c3c4c5ccccc5c(-c5c6ccccc6c(-c6cccc7ccccc67)c6ccccc56)cc4c4ccccc4c32)cc1. The first-order chi connectivity index (χ1) is 74.3. The molecule has 0 saturated carbocycles. The van der Waals surface area contributed by atoms with Gasteiger partial charge in [-0.05, 0) is 271 Å². The van der Waals surface area contributed by atoms with E-state index in [4.69, 9.17) is 0 Å². The monoisotopic (exact) mass is 1900 g/mol. The lowest BCUT2D eigenvalue weighted by Gasteiger charge is -2.22. The Morgan fingerprint density at radius 3 is 0.860 bits per heavy atom. The molecule has 0 N–H and O–H groups in total. The van der Waals surface area contributed by atoms with Crippen LogP contribution in [0.15, 0.2) is 540 Å². The van der Waals surface area contributed by atoms with E-state index in [0.717, 1.165) is 0 Å². The van der Waals surface area contributed by atoms with Crippen LogP contribution in [-0.4, -0.2) is 13.7 Å². The number of hydrogen-bond donors (Lipinski definition) is 0. The van der Waals surface area contributed by atoms with E-state index >= 15 is 0 Å². The molecule has 3 heterocycles. The zero-order valence-electron chi connectivity index (χ0n) is 82.7. The van der Waals surface area contributed by atoms with Crippen LogP contribution in [0, 0.1) is 0 Å². The van der Waals surface area contributed by atoms with E-state index in [1.54, 1.807) is 0 Å². The van der Waals surface area contributed by atoms with Crippen molar-refractivity contribution in [2.75, 3.05) is 0 Å². The Morgan fingerprint density at radius 1 is 0.140 bits per heavy atom. The highest BCUT2D eigenvalue weighted by Gasteiger charge is 2.37. The maximum atomic E-state index is 2.51. The average molecular weight is 1900 g/mol. The minimum atomic E-state index is -0.0489. The summed E-state index contributed by atoms with van der Waals surface area (Å²) in [5.41, 5.74) is 31.5. The van der Waals surface area contributed by atoms with Crippen LogP contribution in [0.4, 0.5) is 0 Å². The van der Waals surface area contributed by atoms with E-state index in [-0.39, 0.29) is 5.41 Å². The van der Waals surface area contributed by atoms with Crippen LogP contribution < -0.4 is 0 Å². The van der Waals surface area contributed by atoms with Gasteiger partial charge < -0.3 is 13.7 Å². The summed E-state index contributed by atoms with van der Waals surface area (Å²) < 4.78 is 7.40. The van der Waals surface area contributed by atoms with Gasteiger partial charge in [0.25, 0.3) is 0 Å². The van der Waals surface area contributed by atoms with Crippen molar-refractivity contribution in [3.8, 4) is 95.0 Å². The first-order valence-corrected chi connectivity index (χ1v) is 52.3. The van der Waals surface area contributed by atoms with Crippen LogP contribution in [0.25, 0.3) is 290 Å². The predicted molar refractivity (Wildman–Crippen MR) is 643 cm³/mol. The average Bonchev–Trinajstić information content (AvgIpc) is 1.48. The van der Waals surface area contributed by atoms with Crippen molar-refractivity contribution < 1.29 is 0 Å². The van der Waals surface area contributed by atoms with E-state index in [2.05, 4.69) is 567 Å². The lowest BCUT2D eigenvalue weighted by atomic mass is 9.81. The molecule has 0 amide bonds. The van der Waals surface area contributed by atoms with Crippen LogP contribution >= 0.6 is 0 Å². The maximum absolute atomic E-state index is 2.51. The highest BCUT2D eigenvalue weighted by Crippen LogP contribution is 2.57. The van der Waals surface area contributed by atoms with Crippen LogP contribution in [0.1, 0.15) is 25.0 Å². The number of fused-ring (bicyclic) bond motifs is 36. The molecule has 28 aromatic carbocycles. The fourth-order valence-electron chi connectivity index (χ4n) is 26.2. The molecular weight excluding hydrogens is 1810 g/mol. The summed E-state index contributed by atoms with van der Waals surface area (Å²) in [6.07, 6.45) is 0. The third-order valence-electron chi connectivity index (χ3n) is 32.6. The predicted octanol–water partition coefficient (Wildman–Crippen LogP) is 40.5. The zero-order valence-corrected chi connectivity index (χ0v) is 82.7. The van der Waals surface area contributed by atoms with Gasteiger partial charge in [0.2, 0.25) is 0 Å². The first kappa shape index (κ1) is 86.2. The van der Waals surface area contributed by atoms with Crippen LogP contribution in [0.3, 0.4) is 0 Å². The molecule has 1 aliphatic carbocycles. The van der Waals surface area contributed by atoms with Crippen molar-refractivity contribution in [1.82, 2.24) is 13.7 Å². The van der Waals surface area contributed by atoms with Gasteiger partial charge in [-0.15, -0.1) is 0 Å². The Bertz CT molecular complexity index is 11000. The Hall–Kier alpha value is -19.3. The number of nitrogens with zero attached hydrogens (tertiary/aromatic N) is 3. The fraction of sp³-hybridized carbons (Fsp3) is 0.0204. The summed E-state index contributed by atoms with van der Waals surface area (Å²) in [6, 6.07) is 199. The zero-order chi connectivity index (χ0) is 98.9. The summed E-state index contributed by atoms with van der Waals surface area (Å²) in [6.45, 7) is 4.74. The fourth-order valence-corrected chi connectivity index (χ4v) is 26.2. The molecular formula is C147H95N3. The van der Waals surface area contributed by atoms with E-state index < -0.39 is 0 Å². The molecule has 0 radical (unpaired) electrons.